The van der Waals surface area contributed by atoms with Crippen molar-refractivity contribution in [3.63, 3.8) is 0 Å². The Hall–Kier alpha value is -0.860. The molecule has 114 valence electrons. The highest BCUT2D eigenvalue weighted by atomic mass is 16.3. The van der Waals surface area contributed by atoms with E-state index in [4.69, 9.17) is 0 Å². The predicted octanol–water partition coefficient (Wildman–Crippen LogP) is 4.09. The molecular formula is C18H31NO. The summed E-state index contributed by atoms with van der Waals surface area (Å²) in [6.45, 7) is 10.2. The highest BCUT2D eigenvalue weighted by Crippen LogP contribution is 2.24. The first-order chi connectivity index (χ1) is 9.37. The predicted molar refractivity (Wildman–Crippen MR) is 86.8 cm³/mol. The van der Waals surface area contributed by atoms with Crippen molar-refractivity contribution in [2.75, 3.05) is 13.1 Å². The minimum atomic E-state index is -0.805. The molecule has 0 radical (unpaired) electrons. The van der Waals surface area contributed by atoms with Gasteiger partial charge in [-0.05, 0) is 24.3 Å². The molecule has 0 saturated carbocycles. The lowest BCUT2D eigenvalue weighted by Gasteiger charge is -2.29. The molecule has 0 aliphatic heterocycles. The van der Waals surface area contributed by atoms with Gasteiger partial charge in [-0.1, -0.05) is 70.4 Å². The van der Waals surface area contributed by atoms with E-state index in [0.717, 1.165) is 12.1 Å². The maximum absolute atomic E-state index is 10.5. The fraction of sp³-hybridized carbons (Fsp3) is 0.667. The Morgan fingerprint density at radius 1 is 1.00 bits per heavy atom. The van der Waals surface area contributed by atoms with Crippen LogP contribution in [0.5, 0.6) is 0 Å². The largest absolute Gasteiger partial charge is 0.384 e. The lowest BCUT2D eigenvalue weighted by molar-refractivity contribution is 0.0540. The highest BCUT2D eigenvalue weighted by molar-refractivity contribution is 5.21. The van der Waals surface area contributed by atoms with Crippen LogP contribution in [-0.2, 0) is 5.60 Å². The molecule has 0 spiro atoms. The van der Waals surface area contributed by atoms with Gasteiger partial charge in [0.25, 0.3) is 0 Å². The molecule has 1 aromatic carbocycles. The summed E-state index contributed by atoms with van der Waals surface area (Å²) in [6.07, 6.45) is 5.11. The second-order valence-corrected chi connectivity index (χ2v) is 6.86. The van der Waals surface area contributed by atoms with Crippen LogP contribution in [0.15, 0.2) is 30.3 Å². The van der Waals surface area contributed by atoms with Crippen molar-refractivity contribution in [2.24, 2.45) is 5.41 Å². The van der Waals surface area contributed by atoms with Crippen LogP contribution in [0.4, 0.5) is 0 Å². The molecule has 1 unspecified atom stereocenters. The third-order valence-corrected chi connectivity index (χ3v) is 3.93. The Bertz CT molecular complexity index is 370. The Kier molecular flexibility index (Phi) is 6.70. The third-order valence-electron chi connectivity index (χ3n) is 3.93. The quantitative estimate of drug-likeness (QED) is 0.666. The first-order valence-corrected chi connectivity index (χ1v) is 7.86. The number of rotatable bonds is 9. The van der Waals surface area contributed by atoms with Gasteiger partial charge in [-0.3, -0.25) is 0 Å². The number of aliphatic hydroxyl groups is 1. The molecule has 0 aromatic heterocycles. The summed E-state index contributed by atoms with van der Waals surface area (Å²) in [5.41, 5.74) is 0.458. The van der Waals surface area contributed by atoms with E-state index in [-0.39, 0.29) is 0 Å². The summed E-state index contributed by atoms with van der Waals surface area (Å²) in [7, 11) is 0. The van der Waals surface area contributed by atoms with Crippen LogP contribution in [0, 0.1) is 5.41 Å². The second-order valence-electron chi connectivity index (χ2n) is 6.86. The zero-order valence-electron chi connectivity index (χ0n) is 13.6. The van der Waals surface area contributed by atoms with Gasteiger partial charge in [0, 0.05) is 13.1 Å². The molecule has 0 bridgehead atoms. The van der Waals surface area contributed by atoms with Crippen LogP contribution in [0.2, 0.25) is 0 Å². The molecule has 2 N–H and O–H groups in total. The number of hydrogen-bond acceptors (Lipinski definition) is 2. The SMILES string of the molecule is CCCCCC(C)(C)CNCC(C)(O)c1ccccc1. The molecule has 2 nitrogen and oxygen atoms in total. The normalized spacial score (nSPS) is 15.1. The monoisotopic (exact) mass is 277 g/mol. The van der Waals surface area contributed by atoms with Gasteiger partial charge in [-0.15, -0.1) is 0 Å². The van der Waals surface area contributed by atoms with Gasteiger partial charge in [0.2, 0.25) is 0 Å². The average molecular weight is 277 g/mol. The Balaban J connectivity index is 2.39. The first kappa shape index (κ1) is 17.2. The Labute approximate surface area is 124 Å². The molecule has 20 heavy (non-hydrogen) atoms. The standard InChI is InChI=1S/C18H31NO/c1-5-6-10-13-17(2,3)14-19-15-18(4,20)16-11-8-7-9-12-16/h7-9,11-12,19-20H,5-6,10,13-15H2,1-4H3. The maximum Gasteiger partial charge on any atom is 0.0992 e. The van der Waals surface area contributed by atoms with Crippen molar-refractivity contribution in [2.45, 2.75) is 59.0 Å². The third kappa shape index (κ3) is 6.06. The molecule has 0 amide bonds. The Morgan fingerprint density at radius 2 is 1.65 bits per heavy atom. The Morgan fingerprint density at radius 3 is 2.25 bits per heavy atom. The van der Waals surface area contributed by atoms with E-state index in [1.807, 2.05) is 37.3 Å². The summed E-state index contributed by atoms with van der Waals surface area (Å²) < 4.78 is 0. The molecular weight excluding hydrogens is 246 g/mol. The highest BCUT2D eigenvalue weighted by Gasteiger charge is 2.24. The molecule has 0 fully saturated rings. The minimum absolute atomic E-state index is 0.294. The molecule has 1 rings (SSSR count). The minimum Gasteiger partial charge on any atom is -0.384 e. The molecule has 0 aliphatic carbocycles. The van der Waals surface area contributed by atoms with Crippen molar-refractivity contribution in [1.82, 2.24) is 5.32 Å². The molecule has 1 aromatic rings. The zero-order chi connectivity index (χ0) is 15.1. The van der Waals surface area contributed by atoms with Gasteiger partial charge in [-0.25, -0.2) is 0 Å². The van der Waals surface area contributed by atoms with Gasteiger partial charge in [0.15, 0.2) is 0 Å². The average Bonchev–Trinajstić information content (AvgIpc) is 2.39. The van der Waals surface area contributed by atoms with Gasteiger partial charge in [0.05, 0.1) is 5.60 Å². The van der Waals surface area contributed by atoms with Crippen molar-refractivity contribution in [1.29, 1.82) is 0 Å². The van der Waals surface area contributed by atoms with E-state index < -0.39 is 5.60 Å². The zero-order valence-corrected chi connectivity index (χ0v) is 13.6. The van der Waals surface area contributed by atoms with Gasteiger partial charge in [0.1, 0.15) is 0 Å². The summed E-state index contributed by atoms with van der Waals surface area (Å²) in [5.74, 6) is 0. The summed E-state index contributed by atoms with van der Waals surface area (Å²) in [5, 5.41) is 14.0. The molecule has 1 atom stereocenters. The van der Waals surface area contributed by atoms with Crippen LogP contribution in [0.25, 0.3) is 0 Å². The van der Waals surface area contributed by atoms with Gasteiger partial charge >= 0.3 is 0 Å². The van der Waals surface area contributed by atoms with Crippen molar-refractivity contribution in [3.05, 3.63) is 35.9 Å². The second kappa shape index (κ2) is 7.80. The van der Waals surface area contributed by atoms with Crippen LogP contribution >= 0.6 is 0 Å². The van der Waals surface area contributed by atoms with Crippen LogP contribution < -0.4 is 5.32 Å². The van der Waals surface area contributed by atoms with Crippen LogP contribution in [-0.4, -0.2) is 18.2 Å². The van der Waals surface area contributed by atoms with E-state index in [0.29, 0.717) is 12.0 Å². The van der Waals surface area contributed by atoms with Crippen molar-refractivity contribution < 1.29 is 5.11 Å². The van der Waals surface area contributed by atoms with Crippen LogP contribution in [0.3, 0.4) is 0 Å². The molecule has 0 aliphatic rings. The number of benzene rings is 1. The van der Waals surface area contributed by atoms with Crippen LogP contribution in [0.1, 0.15) is 58.9 Å². The fourth-order valence-electron chi connectivity index (χ4n) is 2.49. The van der Waals surface area contributed by atoms with E-state index >= 15 is 0 Å². The molecule has 0 heterocycles. The van der Waals surface area contributed by atoms with Crippen molar-refractivity contribution >= 4 is 0 Å². The number of hydrogen-bond donors (Lipinski definition) is 2. The van der Waals surface area contributed by atoms with E-state index in [2.05, 4.69) is 26.1 Å². The van der Waals surface area contributed by atoms with E-state index in [1.165, 1.54) is 25.7 Å². The topological polar surface area (TPSA) is 32.3 Å². The van der Waals surface area contributed by atoms with Gasteiger partial charge in [-0.2, -0.15) is 0 Å². The lowest BCUT2D eigenvalue weighted by Crippen LogP contribution is -2.39. The maximum atomic E-state index is 10.5. The lowest BCUT2D eigenvalue weighted by atomic mass is 9.86. The molecule has 2 heteroatoms. The molecule has 0 saturated heterocycles. The van der Waals surface area contributed by atoms with E-state index in [1.54, 1.807) is 0 Å². The smallest absolute Gasteiger partial charge is 0.0992 e. The number of unbranched alkanes of at least 4 members (excludes halogenated alkanes) is 2. The van der Waals surface area contributed by atoms with Crippen molar-refractivity contribution in [3.8, 4) is 0 Å². The summed E-state index contributed by atoms with van der Waals surface area (Å²) in [4.78, 5) is 0. The summed E-state index contributed by atoms with van der Waals surface area (Å²) in [6, 6.07) is 9.88. The summed E-state index contributed by atoms with van der Waals surface area (Å²) >= 11 is 0. The van der Waals surface area contributed by atoms with E-state index in [9.17, 15) is 5.11 Å². The first-order valence-electron chi connectivity index (χ1n) is 7.86. The van der Waals surface area contributed by atoms with Gasteiger partial charge < -0.3 is 10.4 Å². The number of nitrogens with one attached hydrogen (secondary N) is 1. The fourth-order valence-corrected chi connectivity index (χ4v) is 2.49.